The highest BCUT2D eigenvalue weighted by Gasteiger charge is 2.45. The molecule has 0 saturated carbocycles. The number of nitrogens with one attached hydrogen (secondary N) is 4. The summed E-state index contributed by atoms with van der Waals surface area (Å²) in [7, 11) is 0. The van der Waals surface area contributed by atoms with Gasteiger partial charge in [0.1, 0.15) is 36.6 Å². The maximum Gasteiger partial charge on any atom is 0.306 e. The van der Waals surface area contributed by atoms with Crippen LogP contribution in [0, 0.1) is 11.8 Å². The van der Waals surface area contributed by atoms with Crippen molar-refractivity contribution in [1.29, 1.82) is 0 Å². The number of aromatic nitrogens is 1. The van der Waals surface area contributed by atoms with Crippen molar-refractivity contribution < 1.29 is 43.0 Å². The lowest BCUT2D eigenvalue weighted by Crippen LogP contribution is -2.56. The molecule has 0 aliphatic carbocycles. The smallest absolute Gasteiger partial charge is 0.306 e. The van der Waals surface area contributed by atoms with Gasteiger partial charge in [-0.2, -0.15) is 0 Å². The molecule has 0 spiro atoms. The summed E-state index contributed by atoms with van der Waals surface area (Å²) in [6, 6.07) is 37.4. The van der Waals surface area contributed by atoms with Gasteiger partial charge in [0.05, 0.1) is 12.6 Å². The quantitative estimate of drug-likeness (QED) is 0.0421. The Hall–Kier alpha value is -7.95. The Morgan fingerprint density at radius 2 is 1.21 bits per heavy atom. The number of para-hydroxylation sites is 1. The summed E-state index contributed by atoms with van der Waals surface area (Å²) in [6.07, 6.45) is 1.93. The zero-order valence-electron chi connectivity index (χ0n) is 43.3. The molecule has 77 heavy (non-hydrogen) atoms. The number of carbonyl (C=O) groups excluding carboxylic acids is 7. The molecule has 4 amide bonds. The van der Waals surface area contributed by atoms with E-state index in [1.54, 1.807) is 48.7 Å². The van der Waals surface area contributed by atoms with E-state index in [0.717, 1.165) is 22.0 Å². The van der Waals surface area contributed by atoms with Crippen molar-refractivity contribution in [3.8, 4) is 5.75 Å². The average molecular weight is 1040 g/mol. The minimum Gasteiger partial charge on any atom is -0.489 e. The van der Waals surface area contributed by atoms with Gasteiger partial charge in [-0.1, -0.05) is 121 Å². The second-order valence-electron chi connectivity index (χ2n) is 20.1. The van der Waals surface area contributed by atoms with Crippen LogP contribution in [0.2, 0.25) is 0 Å². The molecule has 6 aromatic rings. The second kappa shape index (κ2) is 27.2. The zero-order valence-corrected chi connectivity index (χ0v) is 43.3. The first-order valence-corrected chi connectivity index (χ1v) is 26.7. The van der Waals surface area contributed by atoms with E-state index in [-0.39, 0.29) is 64.5 Å². The lowest BCUT2D eigenvalue weighted by Gasteiger charge is -2.31. The standard InChI is InChI=1S/C61H69N7O9/c62-29-13-12-23-51-54(69)34-44(31-41-25-27-47(28-26-41)76-39-42-17-6-2-7-18-42)58(72)66-52(32-40-15-4-1-5-16-40)61(75)68-38-48(77-56(71)24-14-30-63)36-53(68)60(74)67-57(43-19-8-3-9-20-43)55(70)35-45(59(73)65-51)33-46-37-64-50-22-11-10-21-49(46)50/h1-11,15-22,25-28,37,44-45,48,51-53,57,64H,12-14,23-24,29-36,38-39,62-63H2,(H,65,73)(H,66,72)(H,67,74)/t44-,45+,48-,51+,52+,53+,57+/m1/s1. The fraction of sp³-hybridized carbons (Fsp3) is 0.361. The maximum atomic E-state index is 15.4. The molecule has 2 aliphatic heterocycles. The number of amides is 4. The summed E-state index contributed by atoms with van der Waals surface area (Å²) in [6.45, 7) is 0.760. The van der Waals surface area contributed by atoms with Gasteiger partial charge in [0.2, 0.25) is 23.6 Å². The highest BCUT2D eigenvalue weighted by molar-refractivity contribution is 5.99. The Morgan fingerprint density at radius 3 is 1.91 bits per heavy atom. The van der Waals surface area contributed by atoms with E-state index < -0.39 is 83.3 Å². The van der Waals surface area contributed by atoms with Crippen molar-refractivity contribution >= 4 is 52.1 Å². The highest BCUT2D eigenvalue weighted by Crippen LogP contribution is 2.29. The van der Waals surface area contributed by atoms with Gasteiger partial charge in [-0.25, -0.2) is 0 Å². The molecule has 2 aliphatic rings. The van der Waals surface area contributed by atoms with Crippen LogP contribution < -0.4 is 32.2 Å². The minimum atomic E-state index is -1.28. The van der Waals surface area contributed by atoms with Crippen molar-refractivity contribution in [2.24, 2.45) is 23.3 Å². The van der Waals surface area contributed by atoms with Crippen LogP contribution in [-0.2, 0) is 64.2 Å². The third kappa shape index (κ3) is 15.1. The van der Waals surface area contributed by atoms with Gasteiger partial charge >= 0.3 is 5.97 Å². The molecule has 16 nitrogen and oxygen atoms in total. The number of Topliss-reactive ketones (excluding diaryl/α,β-unsaturated/α-hetero) is 2. The van der Waals surface area contributed by atoms with Crippen molar-refractivity contribution in [1.82, 2.24) is 25.8 Å². The molecule has 402 valence electrons. The number of carbonyl (C=O) groups is 7. The van der Waals surface area contributed by atoms with E-state index in [4.69, 9.17) is 20.9 Å². The Balaban J connectivity index is 1.19. The normalized spacial score (nSPS) is 21.8. The summed E-state index contributed by atoms with van der Waals surface area (Å²) < 4.78 is 11.9. The van der Waals surface area contributed by atoms with Crippen LogP contribution in [-0.4, -0.2) is 94.9 Å². The molecule has 0 unspecified atom stereocenters. The fourth-order valence-corrected chi connectivity index (χ4v) is 10.3. The van der Waals surface area contributed by atoms with Crippen LogP contribution in [0.5, 0.6) is 5.75 Å². The summed E-state index contributed by atoms with van der Waals surface area (Å²) in [5, 5.41) is 9.85. The summed E-state index contributed by atoms with van der Waals surface area (Å²) in [4.78, 5) is 108. The van der Waals surface area contributed by atoms with Gasteiger partial charge < -0.3 is 46.8 Å². The number of esters is 1. The average Bonchev–Trinajstić information content (AvgIpc) is 4.08. The predicted octanol–water partition coefficient (Wildman–Crippen LogP) is 6.15. The monoisotopic (exact) mass is 1040 g/mol. The Labute approximate surface area is 449 Å². The number of H-pyrrole nitrogens is 1. The third-order valence-corrected chi connectivity index (χ3v) is 14.5. The lowest BCUT2D eigenvalue weighted by atomic mass is 9.87. The molecule has 3 heterocycles. The molecule has 2 fully saturated rings. The number of hydrogen-bond acceptors (Lipinski definition) is 11. The van der Waals surface area contributed by atoms with Crippen LogP contribution in [0.1, 0.15) is 85.2 Å². The van der Waals surface area contributed by atoms with E-state index in [2.05, 4.69) is 20.9 Å². The first-order chi connectivity index (χ1) is 37.5. The third-order valence-electron chi connectivity index (χ3n) is 14.5. The molecule has 0 radical (unpaired) electrons. The molecule has 7 atom stereocenters. The molecule has 0 bridgehead atoms. The molecular weight excluding hydrogens is 975 g/mol. The largest absolute Gasteiger partial charge is 0.489 e. The minimum absolute atomic E-state index is 0.00599. The van der Waals surface area contributed by atoms with Crippen LogP contribution in [0.15, 0.2) is 146 Å². The van der Waals surface area contributed by atoms with Crippen molar-refractivity contribution in [3.05, 3.63) is 174 Å². The Morgan fingerprint density at radius 1 is 0.597 bits per heavy atom. The lowest BCUT2D eigenvalue weighted by molar-refractivity contribution is -0.149. The highest BCUT2D eigenvalue weighted by atomic mass is 16.5. The predicted molar refractivity (Wildman–Crippen MR) is 292 cm³/mol. The molecule has 5 aromatic carbocycles. The van der Waals surface area contributed by atoms with Crippen LogP contribution in [0.25, 0.3) is 10.9 Å². The van der Waals surface area contributed by atoms with Crippen LogP contribution in [0.3, 0.4) is 0 Å². The molecule has 2 saturated heterocycles. The van der Waals surface area contributed by atoms with Crippen LogP contribution in [0.4, 0.5) is 0 Å². The molecule has 16 heteroatoms. The van der Waals surface area contributed by atoms with Crippen molar-refractivity contribution in [2.75, 3.05) is 19.6 Å². The molecular formula is C61H69N7O9. The first kappa shape index (κ1) is 55.3. The molecule has 8 N–H and O–H groups in total. The number of aromatic amines is 1. The van der Waals surface area contributed by atoms with Crippen molar-refractivity contribution in [2.45, 2.75) is 108 Å². The number of benzene rings is 5. The Bertz CT molecular complexity index is 2950. The van der Waals surface area contributed by atoms with Gasteiger partial charge in [-0.05, 0) is 97.6 Å². The summed E-state index contributed by atoms with van der Waals surface area (Å²) in [5.41, 5.74) is 16.1. The van der Waals surface area contributed by atoms with Gasteiger partial charge in [-0.3, -0.25) is 33.6 Å². The van der Waals surface area contributed by atoms with E-state index >= 15 is 19.2 Å². The van der Waals surface area contributed by atoms with Crippen LogP contribution >= 0.6 is 0 Å². The van der Waals surface area contributed by atoms with Gasteiger partial charge in [0, 0.05) is 61.0 Å². The fourth-order valence-electron chi connectivity index (χ4n) is 10.3. The van der Waals surface area contributed by atoms with E-state index in [1.165, 1.54) is 4.90 Å². The number of fused-ring (bicyclic) bond motifs is 2. The van der Waals surface area contributed by atoms with Gasteiger partial charge in [0.25, 0.3) is 0 Å². The number of ketones is 2. The number of nitrogens with two attached hydrogens (primary N) is 2. The maximum absolute atomic E-state index is 15.4. The number of nitrogens with zero attached hydrogens (tertiary/aromatic N) is 1. The van der Waals surface area contributed by atoms with E-state index in [9.17, 15) is 14.4 Å². The number of unbranched alkanes of at least 4 members (excludes halogenated alkanes) is 1. The number of ether oxygens (including phenoxy) is 2. The van der Waals surface area contributed by atoms with E-state index in [1.807, 2.05) is 97.1 Å². The summed E-state index contributed by atoms with van der Waals surface area (Å²) >= 11 is 0. The SMILES string of the molecule is NCCCC[C@@H]1NC(=O)[C@@H](Cc2c[nH]c3ccccc23)CC(=O)[C@H](c2ccccc2)NC(=O)[C@@H]2C[C@@H](OC(=O)CCCN)CN2C(=O)[C@H](Cc2ccccc2)NC(=O)[C@H](Cc2ccc(OCc3ccccc3)cc2)CC1=O. The van der Waals surface area contributed by atoms with Gasteiger partial charge in [0.15, 0.2) is 11.6 Å². The first-order valence-electron chi connectivity index (χ1n) is 26.7. The molecule has 1 aromatic heterocycles. The Kier molecular flexibility index (Phi) is 19.5. The topological polar surface area (TPSA) is 245 Å². The zero-order chi connectivity index (χ0) is 54.1. The van der Waals surface area contributed by atoms with Crippen molar-refractivity contribution in [3.63, 3.8) is 0 Å². The number of rotatable bonds is 18. The second-order valence-corrected chi connectivity index (χ2v) is 20.1. The number of hydrogen-bond donors (Lipinski definition) is 6. The summed E-state index contributed by atoms with van der Waals surface area (Å²) in [5.74, 6) is -5.38. The molecule has 8 rings (SSSR count). The van der Waals surface area contributed by atoms with Gasteiger partial charge in [-0.15, -0.1) is 0 Å². The van der Waals surface area contributed by atoms with E-state index in [0.29, 0.717) is 54.9 Å².